The molecule has 0 spiro atoms. The van der Waals surface area contributed by atoms with Crippen molar-refractivity contribution in [2.75, 3.05) is 0 Å². The van der Waals surface area contributed by atoms with Crippen molar-refractivity contribution in [2.45, 2.75) is 0 Å². The van der Waals surface area contributed by atoms with Gasteiger partial charge in [0.15, 0.2) is 17.5 Å². The molecule has 0 atom stereocenters. The van der Waals surface area contributed by atoms with Gasteiger partial charge in [-0.1, -0.05) is 152 Å². The average Bonchev–Trinajstić information content (AvgIpc) is 3.92. The van der Waals surface area contributed by atoms with Crippen molar-refractivity contribution in [3.8, 4) is 56.4 Å². The van der Waals surface area contributed by atoms with E-state index in [2.05, 4.69) is 140 Å². The van der Waals surface area contributed by atoms with Crippen LogP contribution >= 0.6 is 11.3 Å². The molecule has 0 unspecified atom stereocenters. The Morgan fingerprint density at radius 3 is 1.52 bits per heavy atom. The minimum Gasteiger partial charge on any atom is -0.456 e. The Hall–Kier alpha value is -7.99. The average molecular weight is 808 g/mol. The molecule has 10 aromatic carbocycles. The molecule has 4 nitrogen and oxygen atoms in total. The highest BCUT2D eigenvalue weighted by Gasteiger charge is 2.17. The van der Waals surface area contributed by atoms with E-state index >= 15 is 0 Å². The second-order valence-electron chi connectivity index (χ2n) is 15.9. The van der Waals surface area contributed by atoms with Crippen LogP contribution in [-0.2, 0) is 0 Å². The molecule has 62 heavy (non-hydrogen) atoms. The molecule has 3 heterocycles. The number of aromatic nitrogens is 3. The number of nitrogens with zero attached hydrogens (tertiary/aromatic N) is 3. The molecular weight excluding hydrogens is 775 g/mol. The molecule has 0 radical (unpaired) electrons. The van der Waals surface area contributed by atoms with Crippen LogP contribution in [0.25, 0.3) is 131 Å². The van der Waals surface area contributed by atoms with E-state index in [0.717, 1.165) is 44.2 Å². The van der Waals surface area contributed by atoms with Crippen molar-refractivity contribution in [1.29, 1.82) is 0 Å². The lowest BCUT2D eigenvalue weighted by Crippen LogP contribution is -2.00. The van der Waals surface area contributed by atoms with Crippen LogP contribution in [0.3, 0.4) is 0 Å². The number of benzene rings is 10. The Kier molecular flexibility index (Phi) is 7.74. The first-order chi connectivity index (χ1) is 30.7. The molecule has 288 valence electrons. The standard InChI is InChI=1S/C57H33N3OS/c1-2-11-35(12-3-1)55-58-56(60-57(59-55)39-26-29-51-48(33-39)46-17-8-9-19-50(46)61-51)36-23-21-34(22-24-36)40-18-10-20-53-54(40)49-32-38(27-30-52(49)62-53)37-25-28-45-43-15-5-4-13-41(43)42-14-6-7-16-44(42)47(45)31-37/h1-33H. The van der Waals surface area contributed by atoms with Crippen molar-refractivity contribution in [2.24, 2.45) is 0 Å². The van der Waals surface area contributed by atoms with Gasteiger partial charge in [-0.25, -0.2) is 15.0 Å². The van der Waals surface area contributed by atoms with Gasteiger partial charge in [0.1, 0.15) is 11.2 Å². The van der Waals surface area contributed by atoms with Gasteiger partial charge in [0.05, 0.1) is 0 Å². The second kappa shape index (κ2) is 13.8. The third-order valence-electron chi connectivity index (χ3n) is 12.3. The summed E-state index contributed by atoms with van der Waals surface area (Å²) in [6, 6.07) is 71.2. The number of hydrogen-bond donors (Lipinski definition) is 0. The Bertz CT molecular complexity index is 3890. The van der Waals surface area contributed by atoms with E-state index in [1.807, 2.05) is 72.0 Å². The number of furan rings is 1. The van der Waals surface area contributed by atoms with Gasteiger partial charge < -0.3 is 4.42 Å². The summed E-state index contributed by atoms with van der Waals surface area (Å²) in [5.74, 6) is 1.87. The fourth-order valence-corrected chi connectivity index (χ4v) is 10.5. The molecule has 5 heteroatoms. The van der Waals surface area contributed by atoms with E-state index in [-0.39, 0.29) is 0 Å². The van der Waals surface area contributed by atoms with E-state index in [1.165, 1.54) is 69.2 Å². The third-order valence-corrected chi connectivity index (χ3v) is 13.5. The van der Waals surface area contributed by atoms with Crippen LogP contribution in [0.4, 0.5) is 0 Å². The fraction of sp³-hybridized carbons (Fsp3) is 0. The summed E-state index contributed by atoms with van der Waals surface area (Å²) < 4.78 is 8.68. The topological polar surface area (TPSA) is 51.8 Å². The maximum atomic E-state index is 6.13. The maximum absolute atomic E-state index is 6.13. The zero-order chi connectivity index (χ0) is 40.7. The molecule has 0 aliphatic rings. The molecule has 0 aliphatic carbocycles. The van der Waals surface area contributed by atoms with Crippen LogP contribution in [-0.4, -0.2) is 15.0 Å². The van der Waals surface area contributed by atoms with Gasteiger partial charge >= 0.3 is 0 Å². The number of thiophene rings is 1. The van der Waals surface area contributed by atoms with Crippen LogP contribution in [0.1, 0.15) is 0 Å². The molecule has 13 aromatic rings. The lowest BCUT2D eigenvalue weighted by molar-refractivity contribution is 0.669. The normalized spacial score (nSPS) is 11.9. The Labute approximate surface area is 360 Å². The zero-order valence-corrected chi connectivity index (χ0v) is 34.0. The van der Waals surface area contributed by atoms with Gasteiger partial charge in [0, 0.05) is 47.6 Å². The van der Waals surface area contributed by atoms with Crippen molar-refractivity contribution < 1.29 is 4.42 Å². The lowest BCUT2D eigenvalue weighted by Gasteiger charge is -2.12. The van der Waals surface area contributed by atoms with Gasteiger partial charge in [-0.2, -0.15) is 0 Å². The van der Waals surface area contributed by atoms with Crippen LogP contribution in [0, 0.1) is 0 Å². The molecular formula is C57H33N3OS. The summed E-state index contributed by atoms with van der Waals surface area (Å²) in [6.45, 7) is 0. The number of para-hydroxylation sites is 1. The minimum atomic E-state index is 0.614. The highest BCUT2D eigenvalue weighted by Crippen LogP contribution is 2.43. The summed E-state index contributed by atoms with van der Waals surface area (Å²) in [5.41, 5.74) is 9.23. The Morgan fingerprint density at radius 2 is 0.790 bits per heavy atom. The zero-order valence-electron chi connectivity index (χ0n) is 33.2. The first-order valence-electron chi connectivity index (χ1n) is 20.8. The smallest absolute Gasteiger partial charge is 0.164 e. The van der Waals surface area contributed by atoms with E-state index < -0.39 is 0 Å². The van der Waals surface area contributed by atoms with Gasteiger partial charge in [-0.05, 0) is 103 Å². The Morgan fingerprint density at radius 1 is 0.290 bits per heavy atom. The van der Waals surface area contributed by atoms with Crippen LogP contribution in [0.5, 0.6) is 0 Å². The summed E-state index contributed by atoms with van der Waals surface area (Å²) in [6.07, 6.45) is 0. The van der Waals surface area contributed by atoms with Crippen molar-refractivity contribution in [1.82, 2.24) is 15.0 Å². The number of hydrogen-bond acceptors (Lipinski definition) is 5. The predicted molar refractivity (Wildman–Crippen MR) is 260 cm³/mol. The highest BCUT2D eigenvalue weighted by atomic mass is 32.1. The van der Waals surface area contributed by atoms with Gasteiger partial charge in [0.2, 0.25) is 0 Å². The lowest BCUT2D eigenvalue weighted by atomic mass is 9.91. The van der Waals surface area contributed by atoms with E-state index in [4.69, 9.17) is 19.4 Å². The first-order valence-corrected chi connectivity index (χ1v) is 21.6. The maximum Gasteiger partial charge on any atom is 0.164 e. The minimum absolute atomic E-state index is 0.614. The molecule has 0 saturated carbocycles. The molecule has 3 aromatic heterocycles. The van der Waals surface area contributed by atoms with Crippen molar-refractivity contribution >= 4 is 85.8 Å². The number of fused-ring (bicyclic) bond motifs is 12. The van der Waals surface area contributed by atoms with Crippen molar-refractivity contribution in [3.63, 3.8) is 0 Å². The molecule has 0 aliphatic heterocycles. The monoisotopic (exact) mass is 807 g/mol. The SMILES string of the molecule is c1ccc(-c2nc(-c3ccc(-c4cccc5sc6ccc(-c7ccc8c9ccccc9c9ccccc9c8c7)cc6c45)cc3)nc(-c3ccc4oc5ccccc5c4c3)n2)cc1. The quantitative estimate of drug-likeness (QED) is 0.163. The third kappa shape index (κ3) is 5.56. The van der Waals surface area contributed by atoms with Crippen LogP contribution in [0.2, 0.25) is 0 Å². The fourth-order valence-electron chi connectivity index (χ4n) is 9.35. The van der Waals surface area contributed by atoms with Crippen molar-refractivity contribution in [3.05, 3.63) is 200 Å². The van der Waals surface area contributed by atoms with E-state index in [1.54, 1.807) is 0 Å². The largest absolute Gasteiger partial charge is 0.456 e. The predicted octanol–water partition coefficient (Wildman–Crippen LogP) is 15.9. The van der Waals surface area contributed by atoms with Gasteiger partial charge in [0.25, 0.3) is 0 Å². The van der Waals surface area contributed by atoms with E-state index in [0.29, 0.717) is 17.5 Å². The van der Waals surface area contributed by atoms with Crippen LogP contribution in [0.15, 0.2) is 205 Å². The molecule has 0 N–H and O–H groups in total. The first kappa shape index (κ1) is 34.8. The Balaban J connectivity index is 0.910. The highest BCUT2D eigenvalue weighted by molar-refractivity contribution is 7.26. The number of rotatable bonds is 5. The molecule has 0 saturated heterocycles. The molecule has 0 fully saturated rings. The molecule has 0 bridgehead atoms. The summed E-state index contributed by atoms with van der Waals surface area (Å²) >= 11 is 1.85. The van der Waals surface area contributed by atoms with Gasteiger partial charge in [-0.15, -0.1) is 11.3 Å². The van der Waals surface area contributed by atoms with Gasteiger partial charge in [-0.3, -0.25) is 0 Å². The van der Waals surface area contributed by atoms with E-state index in [9.17, 15) is 0 Å². The summed E-state index contributed by atoms with van der Waals surface area (Å²) in [7, 11) is 0. The summed E-state index contributed by atoms with van der Waals surface area (Å²) in [4.78, 5) is 15.1. The second-order valence-corrected chi connectivity index (χ2v) is 17.0. The molecule has 0 amide bonds. The van der Waals surface area contributed by atoms with Crippen LogP contribution < -0.4 is 0 Å². The summed E-state index contributed by atoms with van der Waals surface area (Å²) in [5, 5.41) is 12.4. The molecule has 13 rings (SSSR count).